The molecule has 0 fully saturated rings. The van der Waals surface area contributed by atoms with Gasteiger partial charge in [0.25, 0.3) is 0 Å². The molecule has 0 aliphatic heterocycles. The van der Waals surface area contributed by atoms with Gasteiger partial charge in [-0.15, -0.1) is 0 Å². The summed E-state index contributed by atoms with van der Waals surface area (Å²) < 4.78 is 0.918. The summed E-state index contributed by atoms with van der Waals surface area (Å²) in [5, 5.41) is 2.88. The van der Waals surface area contributed by atoms with Crippen LogP contribution in [0.3, 0.4) is 0 Å². The molecule has 0 spiro atoms. The zero-order valence-corrected chi connectivity index (χ0v) is 12.8. The van der Waals surface area contributed by atoms with E-state index in [4.69, 9.17) is 5.73 Å². The lowest BCUT2D eigenvalue weighted by atomic mass is 10.0. The summed E-state index contributed by atoms with van der Waals surface area (Å²) in [6, 6.07) is 5.26. The van der Waals surface area contributed by atoms with Crippen molar-refractivity contribution in [3.8, 4) is 0 Å². The topological polar surface area (TPSA) is 58.4 Å². The van der Waals surface area contributed by atoms with Crippen LogP contribution < -0.4 is 16.0 Å². The first-order valence-electron chi connectivity index (χ1n) is 5.86. The zero-order valence-electron chi connectivity index (χ0n) is 11.2. The Bertz CT molecular complexity index is 432. The standard InChI is InChI=1S/C13H20BrN3O/c1-8(2)12(15)13(18)16-10-7-9(14)5-6-11(10)17(3)4/h5-8,12H,15H2,1-4H3,(H,16,18)/t12-/m0/s1. The molecule has 0 saturated carbocycles. The summed E-state index contributed by atoms with van der Waals surface area (Å²) in [5.41, 5.74) is 7.54. The molecule has 0 aliphatic rings. The van der Waals surface area contributed by atoms with Crippen LogP contribution in [0.4, 0.5) is 11.4 Å². The summed E-state index contributed by atoms with van der Waals surface area (Å²) in [4.78, 5) is 13.9. The normalized spacial score (nSPS) is 12.4. The van der Waals surface area contributed by atoms with E-state index in [2.05, 4.69) is 21.2 Å². The minimum atomic E-state index is -0.501. The Morgan fingerprint density at radius 2 is 2.00 bits per heavy atom. The Hall–Kier alpha value is -1.07. The highest BCUT2D eigenvalue weighted by molar-refractivity contribution is 9.10. The van der Waals surface area contributed by atoms with Gasteiger partial charge in [0.15, 0.2) is 0 Å². The van der Waals surface area contributed by atoms with E-state index in [1.165, 1.54) is 0 Å². The minimum absolute atomic E-state index is 0.111. The average molecular weight is 314 g/mol. The molecule has 0 saturated heterocycles. The highest BCUT2D eigenvalue weighted by Gasteiger charge is 2.18. The summed E-state index contributed by atoms with van der Waals surface area (Å²) in [6.45, 7) is 3.86. The summed E-state index contributed by atoms with van der Waals surface area (Å²) in [5.74, 6) is -0.0499. The third-order valence-electron chi connectivity index (χ3n) is 2.72. The number of nitrogens with one attached hydrogen (secondary N) is 1. The Labute approximate surface area is 117 Å². The second-order valence-electron chi connectivity index (χ2n) is 4.81. The first-order chi connectivity index (χ1) is 8.32. The van der Waals surface area contributed by atoms with Gasteiger partial charge in [0.05, 0.1) is 17.4 Å². The second kappa shape index (κ2) is 6.20. The Kier molecular flexibility index (Phi) is 5.16. The number of hydrogen-bond acceptors (Lipinski definition) is 3. The Morgan fingerprint density at radius 3 is 2.50 bits per heavy atom. The molecule has 1 amide bonds. The predicted octanol–water partition coefficient (Wildman–Crippen LogP) is 2.44. The van der Waals surface area contributed by atoms with E-state index in [-0.39, 0.29) is 11.8 Å². The number of amides is 1. The van der Waals surface area contributed by atoms with Crippen molar-refractivity contribution in [1.29, 1.82) is 0 Å². The minimum Gasteiger partial charge on any atom is -0.376 e. The molecule has 0 radical (unpaired) electrons. The zero-order chi connectivity index (χ0) is 13.9. The number of hydrogen-bond donors (Lipinski definition) is 2. The number of nitrogens with two attached hydrogens (primary N) is 1. The van der Waals surface area contributed by atoms with Gasteiger partial charge < -0.3 is 16.0 Å². The number of nitrogens with zero attached hydrogens (tertiary/aromatic N) is 1. The van der Waals surface area contributed by atoms with Crippen molar-refractivity contribution >= 4 is 33.2 Å². The van der Waals surface area contributed by atoms with E-state index in [1.54, 1.807) is 0 Å². The van der Waals surface area contributed by atoms with Crippen LogP contribution in [0.25, 0.3) is 0 Å². The molecule has 1 aromatic carbocycles. The van der Waals surface area contributed by atoms with Gasteiger partial charge in [-0.1, -0.05) is 29.8 Å². The number of carbonyl (C=O) groups is 1. The first kappa shape index (κ1) is 15.0. The van der Waals surface area contributed by atoms with Gasteiger partial charge in [-0.25, -0.2) is 0 Å². The molecule has 5 heteroatoms. The van der Waals surface area contributed by atoms with E-state index in [0.717, 1.165) is 15.8 Å². The highest BCUT2D eigenvalue weighted by atomic mass is 79.9. The lowest BCUT2D eigenvalue weighted by Crippen LogP contribution is -2.40. The summed E-state index contributed by atoms with van der Waals surface area (Å²) in [6.07, 6.45) is 0. The molecular formula is C13H20BrN3O. The quantitative estimate of drug-likeness (QED) is 0.897. The fourth-order valence-electron chi connectivity index (χ4n) is 1.52. The smallest absolute Gasteiger partial charge is 0.241 e. The van der Waals surface area contributed by atoms with Crippen molar-refractivity contribution in [3.05, 3.63) is 22.7 Å². The molecule has 1 rings (SSSR count). The third kappa shape index (κ3) is 3.71. The van der Waals surface area contributed by atoms with Crippen LogP contribution in [0, 0.1) is 5.92 Å². The molecule has 3 N–H and O–H groups in total. The van der Waals surface area contributed by atoms with Gasteiger partial charge in [0.1, 0.15) is 0 Å². The van der Waals surface area contributed by atoms with Crippen LogP contribution in [0.2, 0.25) is 0 Å². The van der Waals surface area contributed by atoms with Crippen LogP contribution in [-0.2, 0) is 4.79 Å². The predicted molar refractivity (Wildman–Crippen MR) is 79.9 cm³/mol. The number of benzene rings is 1. The van der Waals surface area contributed by atoms with E-state index in [9.17, 15) is 4.79 Å². The monoisotopic (exact) mass is 313 g/mol. The number of carbonyl (C=O) groups excluding carboxylic acids is 1. The van der Waals surface area contributed by atoms with Gasteiger partial charge in [0, 0.05) is 18.6 Å². The molecule has 0 unspecified atom stereocenters. The second-order valence-corrected chi connectivity index (χ2v) is 5.73. The largest absolute Gasteiger partial charge is 0.376 e. The molecule has 18 heavy (non-hydrogen) atoms. The number of rotatable bonds is 4. The van der Waals surface area contributed by atoms with Gasteiger partial charge in [-0.05, 0) is 24.1 Å². The van der Waals surface area contributed by atoms with Gasteiger partial charge in [-0.2, -0.15) is 0 Å². The van der Waals surface area contributed by atoms with Crippen molar-refractivity contribution in [2.45, 2.75) is 19.9 Å². The van der Waals surface area contributed by atoms with Crippen molar-refractivity contribution in [1.82, 2.24) is 0 Å². The van der Waals surface area contributed by atoms with E-state index in [1.807, 2.05) is 51.0 Å². The fraction of sp³-hybridized carbons (Fsp3) is 0.462. The van der Waals surface area contributed by atoms with Crippen LogP contribution >= 0.6 is 15.9 Å². The Balaban J connectivity index is 2.96. The molecule has 100 valence electrons. The van der Waals surface area contributed by atoms with Crippen LogP contribution in [-0.4, -0.2) is 26.0 Å². The molecule has 0 bridgehead atoms. The van der Waals surface area contributed by atoms with E-state index >= 15 is 0 Å². The first-order valence-corrected chi connectivity index (χ1v) is 6.65. The number of halogens is 1. The van der Waals surface area contributed by atoms with E-state index < -0.39 is 6.04 Å². The molecule has 1 aromatic rings. The van der Waals surface area contributed by atoms with Crippen LogP contribution in [0.15, 0.2) is 22.7 Å². The summed E-state index contributed by atoms with van der Waals surface area (Å²) in [7, 11) is 3.86. The van der Waals surface area contributed by atoms with Crippen molar-refractivity contribution in [2.24, 2.45) is 11.7 Å². The van der Waals surface area contributed by atoms with Crippen LogP contribution in [0.1, 0.15) is 13.8 Å². The molecular weight excluding hydrogens is 294 g/mol. The highest BCUT2D eigenvalue weighted by Crippen LogP contribution is 2.28. The molecule has 0 heterocycles. The van der Waals surface area contributed by atoms with E-state index in [0.29, 0.717) is 0 Å². The summed E-state index contributed by atoms with van der Waals surface area (Å²) >= 11 is 3.40. The molecule has 0 aromatic heterocycles. The number of anilines is 2. The third-order valence-corrected chi connectivity index (χ3v) is 3.21. The maximum atomic E-state index is 12.0. The fourth-order valence-corrected chi connectivity index (χ4v) is 1.88. The van der Waals surface area contributed by atoms with Crippen molar-refractivity contribution in [2.75, 3.05) is 24.3 Å². The maximum absolute atomic E-state index is 12.0. The van der Waals surface area contributed by atoms with Crippen molar-refractivity contribution < 1.29 is 4.79 Å². The Morgan fingerprint density at radius 1 is 1.39 bits per heavy atom. The average Bonchev–Trinajstić information content (AvgIpc) is 2.27. The van der Waals surface area contributed by atoms with Gasteiger partial charge in [0.2, 0.25) is 5.91 Å². The maximum Gasteiger partial charge on any atom is 0.241 e. The van der Waals surface area contributed by atoms with Crippen molar-refractivity contribution in [3.63, 3.8) is 0 Å². The lowest BCUT2D eigenvalue weighted by Gasteiger charge is -2.21. The van der Waals surface area contributed by atoms with Gasteiger partial charge >= 0.3 is 0 Å². The SMILES string of the molecule is CC(C)[C@H](N)C(=O)Nc1cc(Br)ccc1N(C)C. The molecule has 0 aliphatic carbocycles. The lowest BCUT2D eigenvalue weighted by molar-refractivity contribution is -0.118. The van der Waals surface area contributed by atoms with Crippen LogP contribution in [0.5, 0.6) is 0 Å². The molecule has 1 atom stereocenters. The van der Waals surface area contributed by atoms with Gasteiger partial charge in [-0.3, -0.25) is 4.79 Å². The molecule has 4 nitrogen and oxygen atoms in total.